The fourth-order valence-corrected chi connectivity index (χ4v) is 12.2. The molecule has 2 saturated carbocycles. The van der Waals surface area contributed by atoms with Crippen molar-refractivity contribution in [3.05, 3.63) is 200 Å². The van der Waals surface area contributed by atoms with E-state index in [4.69, 9.17) is 14.2 Å². The number of hydrogen-bond donors (Lipinski definition) is 0. The van der Waals surface area contributed by atoms with Crippen LogP contribution in [-0.2, 0) is 47.0 Å². The lowest BCUT2D eigenvalue weighted by molar-refractivity contribution is -0.186. The van der Waals surface area contributed by atoms with E-state index in [1.165, 1.54) is 72.8 Å². The van der Waals surface area contributed by atoms with Crippen molar-refractivity contribution in [3.8, 4) is 11.5 Å². The highest BCUT2D eigenvalue weighted by atomic mass is 19.4. The summed E-state index contributed by atoms with van der Waals surface area (Å²) < 4.78 is 178. The summed E-state index contributed by atoms with van der Waals surface area (Å²) in [6.45, 7) is 2.83. The normalized spacial score (nSPS) is 19.3. The molecule has 0 aromatic heterocycles. The van der Waals surface area contributed by atoms with Crippen molar-refractivity contribution in [2.75, 3.05) is 27.4 Å². The fraction of sp³-hybridized carbons (Fsp3) is 0.455. The molecular weight excluding hydrogens is 1030 g/mol. The summed E-state index contributed by atoms with van der Waals surface area (Å²) in [4.78, 5) is 0. The van der Waals surface area contributed by atoms with E-state index >= 15 is 17.6 Å². The second-order valence-corrected chi connectivity index (χ2v) is 22.0. The predicted molar refractivity (Wildman–Crippen MR) is 291 cm³/mol. The first-order valence-electron chi connectivity index (χ1n) is 27.9. The highest BCUT2D eigenvalue weighted by molar-refractivity contribution is 5.58. The summed E-state index contributed by atoms with van der Waals surface area (Å²) in [6.07, 6.45) is -1.25. The Bertz CT molecular complexity index is 2670. The van der Waals surface area contributed by atoms with Crippen LogP contribution < -0.4 is 4.74 Å². The molecular formula is C66H72F10O3. The molecule has 0 aliphatic heterocycles. The van der Waals surface area contributed by atoms with Gasteiger partial charge in [0, 0.05) is 25.3 Å². The lowest BCUT2D eigenvalue weighted by Crippen LogP contribution is -2.30. The number of ether oxygens (including phenoxy) is 3. The van der Waals surface area contributed by atoms with Crippen LogP contribution in [0.5, 0.6) is 11.5 Å². The first-order chi connectivity index (χ1) is 37.7. The molecule has 0 spiro atoms. The lowest BCUT2D eigenvalue weighted by atomic mass is 9.77. The van der Waals surface area contributed by atoms with Crippen LogP contribution in [0.3, 0.4) is 0 Å². The molecule has 3 nitrogen and oxygen atoms in total. The molecule has 0 heterocycles. The van der Waals surface area contributed by atoms with Gasteiger partial charge in [0.05, 0.1) is 36.2 Å². The molecule has 6 aromatic rings. The van der Waals surface area contributed by atoms with Gasteiger partial charge in [0.1, 0.15) is 11.5 Å². The van der Waals surface area contributed by atoms with Crippen LogP contribution in [-0.4, -0.2) is 39.8 Å². The van der Waals surface area contributed by atoms with Crippen molar-refractivity contribution < 1.29 is 58.1 Å². The summed E-state index contributed by atoms with van der Waals surface area (Å²) in [7, 11) is 2.25. The average Bonchev–Trinajstić information content (AvgIpc) is 3.56. The van der Waals surface area contributed by atoms with E-state index in [2.05, 4.69) is 13.8 Å². The van der Waals surface area contributed by atoms with Crippen molar-refractivity contribution in [2.45, 2.75) is 140 Å². The first kappa shape index (κ1) is 59.5. The number of hydrogen-bond acceptors (Lipinski definition) is 3. The topological polar surface area (TPSA) is 27.7 Å². The maximum absolute atomic E-state index is 18.1. The Kier molecular flexibility index (Phi) is 19.5. The molecule has 8 rings (SSSR count). The quantitative estimate of drug-likeness (QED) is 0.0634. The van der Waals surface area contributed by atoms with Gasteiger partial charge in [-0.2, -0.15) is 43.9 Å². The van der Waals surface area contributed by atoms with Crippen molar-refractivity contribution in [1.29, 1.82) is 0 Å². The standard InChI is InChI=1S/C66H72F10O3/c1-5-43-17-25-47(26-18-43)49-29-21-45(22-30-49)37-57-51(39-55(41-77-3)65(71,72)73)33-35-59(61(57)63(67,68)53-13-9-7-10-14-53)79-60-36-34-52(40-56(42-78-4)66(74,75)76)58(62(60)64(69,70)54-15-11-8-12-16-54)38-46-23-31-50(32-24-46)48-27-19-44(6-2)20-28-48/h7-16,21-24,29-36,43-44,47-48,55-56H,5-6,17-20,25-28,37-42H2,1-4H3. The zero-order valence-corrected chi connectivity index (χ0v) is 45.5. The average molecular weight is 1100 g/mol. The van der Waals surface area contributed by atoms with Gasteiger partial charge in [0.25, 0.3) is 0 Å². The van der Waals surface area contributed by atoms with E-state index in [1.54, 1.807) is 24.3 Å². The van der Waals surface area contributed by atoms with Crippen LogP contribution in [0.4, 0.5) is 43.9 Å². The van der Waals surface area contributed by atoms with Gasteiger partial charge in [-0.05, 0) is 157 Å². The first-order valence-corrected chi connectivity index (χ1v) is 27.9. The molecule has 2 unspecified atom stereocenters. The van der Waals surface area contributed by atoms with Crippen LogP contribution in [0.2, 0.25) is 0 Å². The Hall–Kier alpha value is -5.66. The van der Waals surface area contributed by atoms with Crippen LogP contribution >= 0.6 is 0 Å². The SMILES string of the molecule is CCC1CCC(c2ccc(Cc3c(CC(COC)C(F)(F)F)ccc(Oc4ccc(CC(COC)C(F)(F)F)c(Cc5ccc(C6CCC(CC)CC6)cc5)c4C(F)(F)c4ccccc4)c3C(F)(F)c3ccccc3)cc2)CC1. The Morgan fingerprint density at radius 3 is 1.08 bits per heavy atom. The largest absolute Gasteiger partial charge is 0.456 e. The molecule has 2 aliphatic carbocycles. The zero-order chi connectivity index (χ0) is 56.5. The molecule has 13 heteroatoms. The summed E-state index contributed by atoms with van der Waals surface area (Å²) >= 11 is 0. The van der Waals surface area contributed by atoms with Crippen LogP contribution in [0.1, 0.15) is 157 Å². The second kappa shape index (κ2) is 25.9. The molecule has 424 valence electrons. The number of rotatable bonds is 22. The van der Waals surface area contributed by atoms with E-state index < -0.39 is 95.8 Å². The third-order valence-corrected chi connectivity index (χ3v) is 17.0. The van der Waals surface area contributed by atoms with Gasteiger partial charge in [-0.25, -0.2) is 0 Å². The molecule has 0 saturated heterocycles. The monoisotopic (exact) mass is 1100 g/mol. The van der Waals surface area contributed by atoms with E-state index in [9.17, 15) is 26.3 Å². The van der Waals surface area contributed by atoms with E-state index in [0.717, 1.165) is 102 Å². The maximum atomic E-state index is 18.1. The summed E-state index contributed by atoms with van der Waals surface area (Å²) in [6, 6.07) is 33.0. The third kappa shape index (κ3) is 14.3. The number of methoxy groups -OCH3 is 2. The van der Waals surface area contributed by atoms with Crippen LogP contribution in [0.25, 0.3) is 0 Å². The Morgan fingerprint density at radius 1 is 0.430 bits per heavy atom. The van der Waals surface area contributed by atoms with Gasteiger partial charge < -0.3 is 14.2 Å². The minimum Gasteiger partial charge on any atom is -0.456 e. The molecule has 0 N–H and O–H groups in total. The third-order valence-electron chi connectivity index (χ3n) is 17.0. The molecule has 2 atom stereocenters. The van der Waals surface area contributed by atoms with Gasteiger partial charge in [-0.15, -0.1) is 0 Å². The fourth-order valence-electron chi connectivity index (χ4n) is 12.2. The molecule has 0 amide bonds. The van der Waals surface area contributed by atoms with E-state index in [0.29, 0.717) is 23.0 Å². The predicted octanol–water partition coefficient (Wildman–Crippen LogP) is 19.0. The van der Waals surface area contributed by atoms with Gasteiger partial charge in [-0.1, -0.05) is 148 Å². The zero-order valence-electron chi connectivity index (χ0n) is 45.5. The van der Waals surface area contributed by atoms with Gasteiger partial charge in [0.2, 0.25) is 0 Å². The Morgan fingerprint density at radius 2 is 0.772 bits per heavy atom. The van der Waals surface area contributed by atoms with E-state index in [1.807, 2.05) is 24.3 Å². The van der Waals surface area contributed by atoms with Crippen molar-refractivity contribution in [3.63, 3.8) is 0 Å². The van der Waals surface area contributed by atoms with Crippen molar-refractivity contribution >= 4 is 0 Å². The van der Waals surface area contributed by atoms with Gasteiger partial charge in [-0.3, -0.25) is 0 Å². The Balaban J connectivity index is 1.33. The van der Waals surface area contributed by atoms with Crippen LogP contribution in [0.15, 0.2) is 133 Å². The summed E-state index contributed by atoms with van der Waals surface area (Å²) in [5, 5.41) is 0. The second-order valence-electron chi connectivity index (χ2n) is 22.0. The highest BCUT2D eigenvalue weighted by Crippen LogP contribution is 2.51. The molecule has 2 aliphatic rings. The number of alkyl halides is 10. The van der Waals surface area contributed by atoms with E-state index in [-0.39, 0.29) is 46.9 Å². The molecule has 0 radical (unpaired) electrons. The highest BCUT2D eigenvalue weighted by Gasteiger charge is 2.46. The Labute approximate surface area is 459 Å². The molecule has 79 heavy (non-hydrogen) atoms. The lowest BCUT2D eigenvalue weighted by Gasteiger charge is -2.30. The van der Waals surface area contributed by atoms with Gasteiger partial charge >= 0.3 is 24.2 Å². The number of benzene rings is 6. The number of halogens is 10. The molecule has 2 fully saturated rings. The summed E-state index contributed by atoms with van der Waals surface area (Å²) in [5.74, 6) is -11.6. The maximum Gasteiger partial charge on any atom is 0.394 e. The van der Waals surface area contributed by atoms with Gasteiger partial charge in [0.15, 0.2) is 0 Å². The molecule has 6 aromatic carbocycles. The van der Waals surface area contributed by atoms with Crippen LogP contribution in [0, 0.1) is 23.7 Å². The minimum absolute atomic E-state index is 0.0802. The molecule has 0 bridgehead atoms. The summed E-state index contributed by atoms with van der Waals surface area (Å²) in [5.41, 5.74) is -0.125. The van der Waals surface area contributed by atoms with Crippen molar-refractivity contribution in [2.24, 2.45) is 23.7 Å². The minimum atomic E-state index is -4.80. The smallest absolute Gasteiger partial charge is 0.394 e. The van der Waals surface area contributed by atoms with Crippen molar-refractivity contribution in [1.82, 2.24) is 0 Å².